The number of para-hydroxylation sites is 1. The van der Waals surface area contributed by atoms with Crippen LogP contribution in [0.15, 0.2) is 30.5 Å². The Morgan fingerprint density at radius 3 is 3.00 bits per heavy atom. The molecule has 1 atom stereocenters. The van der Waals surface area contributed by atoms with E-state index >= 15 is 0 Å². The van der Waals surface area contributed by atoms with E-state index < -0.39 is 5.97 Å². The van der Waals surface area contributed by atoms with Gasteiger partial charge < -0.3 is 19.4 Å². The number of hydrogen-bond donors (Lipinski definition) is 1. The van der Waals surface area contributed by atoms with Crippen LogP contribution in [0.3, 0.4) is 0 Å². The Morgan fingerprint density at radius 1 is 1.39 bits per heavy atom. The third-order valence-electron chi connectivity index (χ3n) is 4.00. The van der Waals surface area contributed by atoms with Gasteiger partial charge in [0.25, 0.3) is 5.91 Å². The molecule has 23 heavy (non-hydrogen) atoms. The Labute approximate surface area is 134 Å². The fourth-order valence-corrected chi connectivity index (χ4v) is 2.80. The van der Waals surface area contributed by atoms with Gasteiger partial charge in [0, 0.05) is 37.3 Å². The molecule has 1 aromatic heterocycles. The van der Waals surface area contributed by atoms with Crippen LogP contribution in [0.25, 0.3) is 10.9 Å². The van der Waals surface area contributed by atoms with Gasteiger partial charge in [-0.05, 0) is 18.9 Å². The third kappa shape index (κ3) is 3.53. The number of esters is 1. The molecule has 1 N–H and O–H groups in total. The Morgan fingerprint density at radius 2 is 2.22 bits per heavy atom. The molecule has 0 spiro atoms. The Bertz CT molecular complexity index is 716. The van der Waals surface area contributed by atoms with Gasteiger partial charge in [-0.1, -0.05) is 18.2 Å². The van der Waals surface area contributed by atoms with E-state index in [-0.39, 0.29) is 18.6 Å². The molecule has 1 fully saturated rings. The van der Waals surface area contributed by atoms with E-state index in [1.54, 1.807) is 6.20 Å². The number of amides is 1. The van der Waals surface area contributed by atoms with Crippen molar-refractivity contribution in [3.05, 3.63) is 36.0 Å². The summed E-state index contributed by atoms with van der Waals surface area (Å²) in [5.74, 6) is -0.803. The number of fused-ring (bicyclic) bond motifs is 1. The highest BCUT2D eigenvalue weighted by atomic mass is 16.5. The summed E-state index contributed by atoms with van der Waals surface area (Å²) in [6, 6.07) is 7.58. The Hall–Kier alpha value is -2.34. The number of benzene rings is 1. The SMILES string of the molecule is Cn1cc(C(=O)OCC(=O)NC[C@H]2CCCO2)c2ccccc21. The highest BCUT2D eigenvalue weighted by Gasteiger charge is 2.18. The summed E-state index contributed by atoms with van der Waals surface area (Å²) in [4.78, 5) is 24.0. The van der Waals surface area contributed by atoms with Gasteiger partial charge >= 0.3 is 5.97 Å². The van der Waals surface area contributed by atoms with E-state index in [4.69, 9.17) is 9.47 Å². The van der Waals surface area contributed by atoms with Gasteiger partial charge in [-0.2, -0.15) is 0 Å². The van der Waals surface area contributed by atoms with Gasteiger partial charge in [0.05, 0.1) is 11.7 Å². The standard InChI is InChI=1S/C17H20N2O4/c1-19-10-14(13-6-2-3-7-15(13)19)17(21)23-11-16(20)18-9-12-5-4-8-22-12/h2-3,6-7,10,12H,4-5,8-9,11H2,1H3,(H,18,20)/t12-/m1/s1. The second-order valence-electron chi connectivity index (χ2n) is 5.69. The van der Waals surface area contributed by atoms with E-state index in [1.807, 2.05) is 35.9 Å². The molecule has 0 radical (unpaired) electrons. The summed E-state index contributed by atoms with van der Waals surface area (Å²) in [6.07, 6.45) is 3.77. The van der Waals surface area contributed by atoms with Crippen molar-refractivity contribution in [3.8, 4) is 0 Å². The molecule has 2 aromatic rings. The van der Waals surface area contributed by atoms with Crippen LogP contribution in [0.2, 0.25) is 0 Å². The fourth-order valence-electron chi connectivity index (χ4n) is 2.80. The molecule has 1 aromatic carbocycles. The minimum absolute atomic E-state index is 0.0766. The fraction of sp³-hybridized carbons (Fsp3) is 0.412. The molecule has 1 amide bonds. The first-order valence-electron chi connectivity index (χ1n) is 7.74. The summed E-state index contributed by atoms with van der Waals surface area (Å²) in [6.45, 7) is 0.927. The molecule has 0 bridgehead atoms. The smallest absolute Gasteiger partial charge is 0.340 e. The predicted molar refractivity (Wildman–Crippen MR) is 85.2 cm³/mol. The molecule has 122 valence electrons. The lowest BCUT2D eigenvalue weighted by Gasteiger charge is -2.10. The Balaban J connectivity index is 1.55. The van der Waals surface area contributed by atoms with Crippen molar-refractivity contribution in [2.75, 3.05) is 19.8 Å². The van der Waals surface area contributed by atoms with Crippen LogP contribution < -0.4 is 5.32 Å². The average Bonchev–Trinajstić information content (AvgIpc) is 3.19. The second kappa shape index (κ2) is 6.83. The molecule has 0 saturated carbocycles. The normalized spacial score (nSPS) is 17.3. The monoisotopic (exact) mass is 316 g/mol. The van der Waals surface area contributed by atoms with Crippen LogP contribution >= 0.6 is 0 Å². The molecule has 1 aliphatic heterocycles. The highest BCUT2D eigenvalue weighted by Crippen LogP contribution is 2.20. The minimum atomic E-state index is -0.492. The zero-order valence-electron chi connectivity index (χ0n) is 13.1. The molecular weight excluding hydrogens is 296 g/mol. The zero-order chi connectivity index (χ0) is 16.2. The van der Waals surface area contributed by atoms with Crippen LogP contribution in [-0.2, 0) is 21.3 Å². The molecule has 0 unspecified atom stereocenters. The molecule has 1 aliphatic rings. The van der Waals surface area contributed by atoms with E-state index in [9.17, 15) is 9.59 Å². The number of rotatable bonds is 5. The molecule has 3 rings (SSSR count). The minimum Gasteiger partial charge on any atom is -0.452 e. The first-order valence-corrected chi connectivity index (χ1v) is 7.74. The number of carbonyl (C=O) groups is 2. The van der Waals surface area contributed by atoms with Gasteiger partial charge in [-0.25, -0.2) is 4.79 Å². The Kier molecular flexibility index (Phi) is 4.62. The van der Waals surface area contributed by atoms with Gasteiger partial charge in [-0.3, -0.25) is 4.79 Å². The largest absolute Gasteiger partial charge is 0.452 e. The summed E-state index contributed by atoms with van der Waals surface area (Å²) >= 11 is 0. The lowest BCUT2D eigenvalue weighted by molar-refractivity contribution is -0.124. The van der Waals surface area contributed by atoms with E-state index in [1.165, 1.54) is 0 Å². The molecular formula is C17H20N2O4. The second-order valence-corrected chi connectivity index (χ2v) is 5.69. The summed E-state index contributed by atoms with van der Waals surface area (Å²) in [7, 11) is 1.87. The lowest BCUT2D eigenvalue weighted by atomic mass is 10.2. The van der Waals surface area contributed by atoms with Gasteiger partial charge in [0.1, 0.15) is 0 Å². The summed E-state index contributed by atoms with van der Waals surface area (Å²) in [5.41, 5.74) is 1.41. The maximum Gasteiger partial charge on any atom is 0.340 e. The maximum atomic E-state index is 12.2. The third-order valence-corrected chi connectivity index (χ3v) is 4.00. The molecule has 0 aliphatic carbocycles. The number of nitrogens with zero attached hydrogens (tertiary/aromatic N) is 1. The van der Waals surface area contributed by atoms with Crippen molar-refractivity contribution < 1.29 is 19.1 Å². The van der Waals surface area contributed by atoms with Crippen molar-refractivity contribution >= 4 is 22.8 Å². The van der Waals surface area contributed by atoms with Gasteiger partial charge in [0.15, 0.2) is 6.61 Å². The van der Waals surface area contributed by atoms with Crippen LogP contribution in [0.1, 0.15) is 23.2 Å². The van der Waals surface area contributed by atoms with Crippen molar-refractivity contribution in [2.45, 2.75) is 18.9 Å². The van der Waals surface area contributed by atoms with Crippen LogP contribution in [0.5, 0.6) is 0 Å². The van der Waals surface area contributed by atoms with Crippen LogP contribution in [0, 0.1) is 0 Å². The summed E-state index contributed by atoms with van der Waals surface area (Å²) < 4.78 is 12.4. The predicted octanol–water partition coefficient (Wildman–Crippen LogP) is 1.63. The van der Waals surface area contributed by atoms with Crippen LogP contribution in [-0.4, -0.2) is 42.3 Å². The van der Waals surface area contributed by atoms with Crippen molar-refractivity contribution in [3.63, 3.8) is 0 Å². The molecule has 6 heteroatoms. The highest BCUT2D eigenvalue weighted by molar-refractivity contribution is 6.04. The maximum absolute atomic E-state index is 12.2. The molecule has 1 saturated heterocycles. The van der Waals surface area contributed by atoms with Crippen molar-refractivity contribution in [1.82, 2.24) is 9.88 Å². The number of carbonyl (C=O) groups excluding carboxylic acids is 2. The number of aryl methyl sites for hydroxylation is 1. The quantitative estimate of drug-likeness (QED) is 0.851. The number of nitrogens with one attached hydrogen (secondary N) is 1. The van der Waals surface area contributed by atoms with Crippen LogP contribution in [0.4, 0.5) is 0 Å². The number of aromatic nitrogens is 1. The average molecular weight is 316 g/mol. The molecule has 2 heterocycles. The van der Waals surface area contributed by atoms with Gasteiger partial charge in [0.2, 0.25) is 0 Å². The lowest BCUT2D eigenvalue weighted by Crippen LogP contribution is -2.34. The van der Waals surface area contributed by atoms with E-state index in [0.717, 1.165) is 30.4 Å². The number of ether oxygens (including phenoxy) is 2. The van der Waals surface area contributed by atoms with Crippen molar-refractivity contribution in [2.24, 2.45) is 7.05 Å². The topological polar surface area (TPSA) is 69.6 Å². The van der Waals surface area contributed by atoms with E-state index in [0.29, 0.717) is 12.1 Å². The summed E-state index contributed by atoms with van der Waals surface area (Å²) in [5, 5.41) is 3.55. The van der Waals surface area contributed by atoms with E-state index in [2.05, 4.69) is 5.32 Å². The first-order chi connectivity index (χ1) is 11.1. The zero-order valence-corrected chi connectivity index (χ0v) is 13.1. The van der Waals surface area contributed by atoms with Crippen molar-refractivity contribution in [1.29, 1.82) is 0 Å². The van der Waals surface area contributed by atoms with Gasteiger partial charge in [-0.15, -0.1) is 0 Å². The first kappa shape index (κ1) is 15.6. The number of hydrogen-bond acceptors (Lipinski definition) is 4. The molecule has 6 nitrogen and oxygen atoms in total.